The summed E-state index contributed by atoms with van der Waals surface area (Å²) in [6.07, 6.45) is 2.99. The molecule has 0 fully saturated rings. The van der Waals surface area contributed by atoms with Crippen LogP contribution < -0.4 is 10.6 Å². The summed E-state index contributed by atoms with van der Waals surface area (Å²) in [5.41, 5.74) is 1.35. The second-order valence-electron chi connectivity index (χ2n) is 7.52. The summed E-state index contributed by atoms with van der Waals surface area (Å²) < 4.78 is 7.12. The van der Waals surface area contributed by atoms with Crippen LogP contribution in [0.1, 0.15) is 30.1 Å². The Morgan fingerprint density at radius 1 is 1.33 bits per heavy atom. The third-order valence-corrected chi connectivity index (χ3v) is 5.04. The summed E-state index contributed by atoms with van der Waals surface area (Å²) in [5.74, 6) is 2.64. The van der Waals surface area contributed by atoms with E-state index in [1.165, 1.54) is 5.56 Å². The summed E-state index contributed by atoms with van der Waals surface area (Å²) in [6.45, 7) is 4.15. The van der Waals surface area contributed by atoms with E-state index in [1.807, 2.05) is 11.7 Å². The minimum absolute atomic E-state index is 0. The van der Waals surface area contributed by atoms with Gasteiger partial charge < -0.3 is 20.3 Å². The molecule has 1 aliphatic heterocycles. The molecule has 1 aliphatic rings. The van der Waals surface area contributed by atoms with Gasteiger partial charge in [0.25, 0.3) is 0 Å². The van der Waals surface area contributed by atoms with Crippen LogP contribution >= 0.6 is 24.0 Å². The molecule has 2 N–H and O–H groups in total. The van der Waals surface area contributed by atoms with E-state index in [9.17, 15) is 0 Å². The maximum absolute atomic E-state index is 5.13. The topological polar surface area (TPSA) is 79.6 Å². The molecule has 1 unspecified atom stereocenters. The van der Waals surface area contributed by atoms with E-state index in [1.54, 1.807) is 7.11 Å². The first-order valence-electron chi connectivity index (χ1n) is 10.3. The Morgan fingerprint density at radius 2 is 2.13 bits per heavy atom. The van der Waals surface area contributed by atoms with Crippen molar-refractivity contribution < 1.29 is 4.74 Å². The molecule has 2 heterocycles. The molecule has 0 amide bonds. The van der Waals surface area contributed by atoms with Gasteiger partial charge in [0.15, 0.2) is 11.8 Å². The van der Waals surface area contributed by atoms with Crippen LogP contribution in [0.3, 0.4) is 0 Å². The van der Waals surface area contributed by atoms with Crippen LogP contribution in [0.5, 0.6) is 0 Å². The summed E-state index contributed by atoms with van der Waals surface area (Å²) in [4.78, 5) is 11.2. The van der Waals surface area contributed by atoms with E-state index in [0.717, 1.165) is 63.0 Å². The fraction of sp³-hybridized carbons (Fsp3) is 0.571. The molecule has 0 bridgehead atoms. The quantitative estimate of drug-likeness (QED) is 0.225. The van der Waals surface area contributed by atoms with Gasteiger partial charge >= 0.3 is 0 Å². The molecule has 0 saturated carbocycles. The maximum atomic E-state index is 5.13. The van der Waals surface area contributed by atoms with Crippen LogP contribution in [-0.2, 0) is 30.9 Å². The molecule has 1 aromatic heterocycles. The Labute approximate surface area is 196 Å². The number of ether oxygens (including phenoxy) is 1. The van der Waals surface area contributed by atoms with Crippen LogP contribution in [-0.4, -0.2) is 66.0 Å². The number of aryl methyl sites for hydroxylation is 1. The van der Waals surface area contributed by atoms with Crippen LogP contribution in [0, 0.1) is 0 Å². The molecule has 1 atom stereocenters. The summed E-state index contributed by atoms with van der Waals surface area (Å²) >= 11 is 0. The van der Waals surface area contributed by atoms with Crippen LogP contribution in [0.4, 0.5) is 0 Å². The molecule has 30 heavy (non-hydrogen) atoms. The highest BCUT2D eigenvalue weighted by atomic mass is 127. The Kier molecular flexibility index (Phi) is 10.5. The zero-order chi connectivity index (χ0) is 20.5. The lowest BCUT2D eigenvalue weighted by molar-refractivity contribution is 0.177. The lowest BCUT2D eigenvalue weighted by Crippen LogP contribution is -2.47. The first kappa shape index (κ1) is 24.5. The zero-order valence-corrected chi connectivity index (χ0v) is 20.5. The van der Waals surface area contributed by atoms with Crippen molar-refractivity contribution in [1.82, 2.24) is 30.3 Å². The van der Waals surface area contributed by atoms with Crippen LogP contribution in [0.2, 0.25) is 0 Å². The monoisotopic (exact) mass is 527 g/mol. The molecular weight excluding hydrogens is 493 g/mol. The fourth-order valence-corrected chi connectivity index (χ4v) is 3.59. The zero-order valence-electron chi connectivity index (χ0n) is 18.2. The summed E-state index contributed by atoms with van der Waals surface area (Å²) in [5, 5.41) is 11.5. The first-order chi connectivity index (χ1) is 14.2. The number of aromatic nitrogens is 3. The number of hydrogen-bond donors (Lipinski definition) is 2. The standard InChI is InChI=1S/C21H33N7O.HI/c1-22-21(23-12-7-13-27(2)14-17-8-5-4-6-9-17)24-18-10-11-20-25-19(16-29-3)26-28(20)15-18;/h4-6,8-9,18H,7,10-16H2,1-3H3,(H2,22,23,24);1H. The van der Waals surface area contributed by atoms with Gasteiger partial charge in [0.2, 0.25) is 0 Å². The number of methoxy groups -OCH3 is 1. The predicted octanol–water partition coefficient (Wildman–Crippen LogP) is 2.04. The van der Waals surface area contributed by atoms with E-state index in [2.05, 4.69) is 68.0 Å². The summed E-state index contributed by atoms with van der Waals surface area (Å²) in [7, 11) is 5.65. The van der Waals surface area contributed by atoms with Gasteiger partial charge in [-0.25, -0.2) is 9.67 Å². The Balaban J connectivity index is 0.00000320. The minimum Gasteiger partial charge on any atom is -0.377 e. The molecule has 8 nitrogen and oxygen atoms in total. The van der Waals surface area contributed by atoms with Gasteiger partial charge in [0.05, 0.1) is 6.54 Å². The molecule has 2 aromatic rings. The van der Waals surface area contributed by atoms with Crippen molar-refractivity contribution >= 4 is 29.9 Å². The molecule has 9 heteroatoms. The number of hydrogen-bond acceptors (Lipinski definition) is 5. The third kappa shape index (κ3) is 7.51. The number of benzene rings is 1. The molecule has 0 radical (unpaired) electrons. The van der Waals surface area contributed by atoms with Crippen molar-refractivity contribution in [2.24, 2.45) is 4.99 Å². The van der Waals surface area contributed by atoms with Gasteiger partial charge in [0, 0.05) is 39.7 Å². The lowest BCUT2D eigenvalue weighted by atomic mass is 10.1. The first-order valence-corrected chi connectivity index (χ1v) is 10.3. The maximum Gasteiger partial charge on any atom is 0.191 e. The molecule has 0 spiro atoms. The van der Waals surface area contributed by atoms with Gasteiger partial charge in [-0.3, -0.25) is 4.99 Å². The SMILES string of the molecule is CN=C(NCCCN(C)Cc1ccccc1)NC1CCc2nc(COC)nn2C1.I. The fourth-order valence-electron chi connectivity index (χ4n) is 3.59. The summed E-state index contributed by atoms with van der Waals surface area (Å²) in [6, 6.07) is 10.9. The average Bonchev–Trinajstić information content (AvgIpc) is 3.13. The highest BCUT2D eigenvalue weighted by molar-refractivity contribution is 14.0. The number of halogens is 1. The van der Waals surface area contributed by atoms with E-state index in [4.69, 9.17) is 4.74 Å². The van der Waals surface area contributed by atoms with Crippen molar-refractivity contribution in [3.8, 4) is 0 Å². The molecular formula is C21H34IN7O. The average molecular weight is 527 g/mol. The number of nitrogens with one attached hydrogen (secondary N) is 2. The smallest absolute Gasteiger partial charge is 0.191 e. The highest BCUT2D eigenvalue weighted by Crippen LogP contribution is 2.13. The van der Waals surface area contributed by atoms with E-state index in [0.29, 0.717) is 12.6 Å². The number of rotatable bonds is 9. The largest absolute Gasteiger partial charge is 0.377 e. The van der Waals surface area contributed by atoms with Crippen molar-refractivity contribution in [3.05, 3.63) is 47.5 Å². The molecule has 0 saturated heterocycles. The molecule has 3 rings (SSSR count). The normalized spacial score (nSPS) is 16.1. The van der Waals surface area contributed by atoms with Gasteiger partial charge in [-0.1, -0.05) is 30.3 Å². The number of guanidine groups is 1. The van der Waals surface area contributed by atoms with Crippen LogP contribution in [0.25, 0.3) is 0 Å². The van der Waals surface area contributed by atoms with Crippen LogP contribution in [0.15, 0.2) is 35.3 Å². The van der Waals surface area contributed by atoms with Crippen molar-refractivity contribution in [3.63, 3.8) is 0 Å². The van der Waals surface area contributed by atoms with E-state index in [-0.39, 0.29) is 24.0 Å². The highest BCUT2D eigenvalue weighted by Gasteiger charge is 2.22. The number of fused-ring (bicyclic) bond motifs is 1. The Bertz CT molecular complexity index is 781. The van der Waals surface area contributed by atoms with E-state index >= 15 is 0 Å². The number of nitrogens with zero attached hydrogens (tertiary/aromatic N) is 5. The second kappa shape index (κ2) is 12.9. The molecule has 0 aliphatic carbocycles. The lowest BCUT2D eigenvalue weighted by Gasteiger charge is -2.25. The van der Waals surface area contributed by atoms with Gasteiger partial charge in [-0.2, -0.15) is 5.10 Å². The third-order valence-electron chi connectivity index (χ3n) is 5.04. The Hall–Kier alpha value is -1.72. The van der Waals surface area contributed by atoms with Gasteiger partial charge in [-0.15, -0.1) is 24.0 Å². The van der Waals surface area contributed by atoms with Crippen molar-refractivity contribution in [1.29, 1.82) is 0 Å². The van der Waals surface area contributed by atoms with E-state index < -0.39 is 0 Å². The molecule has 1 aromatic carbocycles. The second-order valence-corrected chi connectivity index (χ2v) is 7.52. The van der Waals surface area contributed by atoms with Crippen molar-refractivity contribution in [2.45, 2.75) is 45.0 Å². The van der Waals surface area contributed by atoms with Gasteiger partial charge in [0.1, 0.15) is 12.4 Å². The molecule has 166 valence electrons. The Morgan fingerprint density at radius 3 is 2.87 bits per heavy atom. The minimum atomic E-state index is 0. The van der Waals surface area contributed by atoms with Crippen molar-refractivity contribution in [2.75, 3.05) is 34.3 Å². The predicted molar refractivity (Wildman–Crippen MR) is 130 cm³/mol. The van der Waals surface area contributed by atoms with Gasteiger partial charge in [-0.05, 0) is 32.0 Å². The number of aliphatic imine (C=N–C) groups is 1.